The van der Waals surface area contributed by atoms with E-state index in [1.807, 2.05) is 0 Å². The van der Waals surface area contributed by atoms with Gasteiger partial charge in [-0.05, 0) is 104 Å². The summed E-state index contributed by atoms with van der Waals surface area (Å²) in [7, 11) is 0. The summed E-state index contributed by atoms with van der Waals surface area (Å²) in [4.78, 5) is 0. The molecular formula is C28H42O2. The van der Waals surface area contributed by atoms with Crippen LogP contribution in [0.25, 0.3) is 0 Å². The smallest absolute Gasteiger partial charge is 0.0789 e. The van der Waals surface area contributed by atoms with Crippen LogP contribution in [-0.4, -0.2) is 22.4 Å². The molecule has 0 aliphatic heterocycles. The summed E-state index contributed by atoms with van der Waals surface area (Å²) in [5.74, 6) is 2.96. The van der Waals surface area contributed by atoms with Crippen molar-refractivity contribution in [3.05, 3.63) is 47.6 Å². The zero-order valence-corrected chi connectivity index (χ0v) is 19.3. The summed E-state index contributed by atoms with van der Waals surface area (Å²) in [5, 5.41) is 20.5. The standard InChI is InChI=1S/C28H42O2/c1-18-16-23(20(3)27(30)17-18)11-8-21-6-5-15-28(4)24(12-13-25(21)28)19(2)7-14-26(29)22-9-10-22/h7-8,11,14,18-19,22,24-27,29-30H,3,5-6,9-10,12-13,15-17H2,1-2,4H3/b14-7+,21-8+,23-11+/t18-,19?,24-,25+,26+,27+,28-/m1/s1. The van der Waals surface area contributed by atoms with E-state index in [2.05, 4.69) is 51.7 Å². The van der Waals surface area contributed by atoms with Crippen LogP contribution in [0.2, 0.25) is 0 Å². The quantitative estimate of drug-likeness (QED) is 0.517. The molecule has 166 valence electrons. The lowest BCUT2D eigenvalue weighted by molar-refractivity contribution is 0.111. The van der Waals surface area contributed by atoms with E-state index in [0.29, 0.717) is 35.0 Å². The van der Waals surface area contributed by atoms with Crippen LogP contribution in [0.3, 0.4) is 0 Å². The zero-order valence-electron chi connectivity index (χ0n) is 19.3. The van der Waals surface area contributed by atoms with Crippen molar-refractivity contribution >= 4 is 0 Å². The molecule has 0 aromatic rings. The van der Waals surface area contributed by atoms with E-state index in [4.69, 9.17) is 0 Å². The van der Waals surface area contributed by atoms with Crippen LogP contribution < -0.4 is 0 Å². The Hall–Kier alpha value is -1.12. The highest BCUT2D eigenvalue weighted by molar-refractivity contribution is 5.38. The first-order chi connectivity index (χ1) is 14.3. The third-order valence-electron chi connectivity index (χ3n) is 8.90. The van der Waals surface area contributed by atoms with Gasteiger partial charge in [-0.2, -0.15) is 0 Å². The molecule has 4 rings (SSSR count). The zero-order chi connectivity index (χ0) is 21.5. The molecule has 0 heterocycles. The molecule has 30 heavy (non-hydrogen) atoms. The summed E-state index contributed by atoms with van der Waals surface area (Å²) in [6.45, 7) is 11.3. The Morgan fingerprint density at radius 2 is 1.90 bits per heavy atom. The number of hydrogen-bond donors (Lipinski definition) is 2. The maximum absolute atomic E-state index is 10.3. The van der Waals surface area contributed by atoms with Crippen LogP contribution in [0, 0.1) is 35.0 Å². The summed E-state index contributed by atoms with van der Waals surface area (Å²) >= 11 is 0. The lowest BCUT2D eigenvalue weighted by Gasteiger charge is -2.44. The molecule has 0 spiro atoms. The first-order valence-electron chi connectivity index (χ1n) is 12.4. The number of allylic oxidation sites excluding steroid dienone is 4. The Balaban J connectivity index is 1.48. The van der Waals surface area contributed by atoms with Gasteiger partial charge in [0.05, 0.1) is 12.2 Å². The predicted molar refractivity (Wildman–Crippen MR) is 125 cm³/mol. The molecule has 4 aliphatic rings. The molecule has 7 atom stereocenters. The Kier molecular flexibility index (Phi) is 6.47. The fraction of sp³-hybridized carbons (Fsp3) is 0.714. The van der Waals surface area contributed by atoms with E-state index in [0.717, 1.165) is 18.4 Å². The minimum absolute atomic E-state index is 0.229. The van der Waals surface area contributed by atoms with Crippen molar-refractivity contribution in [2.24, 2.45) is 35.0 Å². The lowest BCUT2D eigenvalue weighted by atomic mass is 9.61. The number of rotatable bonds is 5. The minimum Gasteiger partial charge on any atom is -0.389 e. The molecule has 4 saturated carbocycles. The number of aliphatic hydroxyl groups excluding tert-OH is 2. The highest BCUT2D eigenvalue weighted by Crippen LogP contribution is 2.59. The molecular weight excluding hydrogens is 368 g/mol. The van der Waals surface area contributed by atoms with Gasteiger partial charge < -0.3 is 10.2 Å². The van der Waals surface area contributed by atoms with E-state index >= 15 is 0 Å². The highest BCUT2D eigenvalue weighted by Gasteiger charge is 2.50. The van der Waals surface area contributed by atoms with Gasteiger partial charge in [-0.3, -0.25) is 0 Å². The molecule has 0 saturated heterocycles. The fourth-order valence-electron chi connectivity index (χ4n) is 6.87. The van der Waals surface area contributed by atoms with Gasteiger partial charge in [-0.25, -0.2) is 0 Å². The third-order valence-corrected chi connectivity index (χ3v) is 8.90. The maximum Gasteiger partial charge on any atom is 0.0789 e. The van der Waals surface area contributed by atoms with E-state index in [9.17, 15) is 10.2 Å². The van der Waals surface area contributed by atoms with Crippen molar-refractivity contribution < 1.29 is 10.2 Å². The minimum atomic E-state index is -0.371. The van der Waals surface area contributed by atoms with Crippen molar-refractivity contribution in [3.63, 3.8) is 0 Å². The van der Waals surface area contributed by atoms with E-state index in [1.54, 1.807) is 5.57 Å². The van der Waals surface area contributed by atoms with Crippen LogP contribution in [0.15, 0.2) is 47.6 Å². The van der Waals surface area contributed by atoms with Crippen molar-refractivity contribution in [2.45, 2.75) is 90.8 Å². The molecule has 0 aromatic heterocycles. The van der Waals surface area contributed by atoms with E-state index < -0.39 is 0 Å². The second-order valence-electron chi connectivity index (χ2n) is 11.2. The molecule has 0 radical (unpaired) electrons. The SMILES string of the molecule is C=C1/C(=C/C=C2\CCC[C@]3(C)[C@@H](C(C)/C=C/[C@H](O)C4CC4)CC[C@@H]23)C[C@@H](C)C[C@@H]1O. The average Bonchev–Trinajstić information content (AvgIpc) is 3.49. The first kappa shape index (κ1) is 22.1. The van der Waals surface area contributed by atoms with Crippen molar-refractivity contribution in [3.8, 4) is 0 Å². The normalized spacial score (nSPS) is 42.1. The van der Waals surface area contributed by atoms with Crippen molar-refractivity contribution in [1.29, 1.82) is 0 Å². The lowest BCUT2D eigenvalue weighted by Crippen LogP contribution is -2.35. The van der Waals surface area contributed by atoms with Crippen LogP contribution >= 0.6 is 0 Å². The Labute approximate surface area is 183 Å². The van der Waals surface area contributed by atoms with Crippen molar-refractivity contribution in [1.82, 2.24) is 0 Å². The van der Waals surface area contributed by atoms with Gasteiger partial charge in [0.2, 0.25) is 0 Å². The molecule has 0 amide bonds. The third kappa shape index (κ3) is 4.41. The Morgan fingerprint density at radius 3 is 2.63 bits per heavy atom. The van der Waals surface area contributed by atoms with Crippen LogP contribution in [-0.2, 0) is 0 Å². The molecule has 4 fully saturated rings. The molecule has 2 heteroatoms. The van der Waals surface area contributed by atoms with Gasteiger partial charge in [-0.1, -0.05) is 57.2 Å². The predicted octanol–water partition coefficient (Wildman–Crippen LogP) is 6.37. The van der Waals surface area contributed by atoms with Crippen LogP contribution in [0.4, 0.5) is 0 Å². The average molecular weight is 411 g/mol. The van der Waals surface area contributed by atoms with Crippen LogP contribution in [0.5, 0.6) is 0 Å². The molecule has 0 bridgehead atoms. The van der Waals surface area contributed by atoms with Gasteiger partial charge >= 0.3 is 0 Å². The van der Waals surface area contributed by atoms with Gasteiger partial charge in [0.15, 0.2) is 0 Å². The molecule has 0 aromatic carbocycles. The molecule has 2 N–H and O–H groups in total. The van der Waals surface area contributed by atoms with Gasteiger partial charge in [0.25, 0.3) is 0 Å². The summed E-state index contributed by atoms with van der Waals surface area (Å²) in [6, 6.07) is 0. The second kappa shape index (κ2) is 8.79. The number of hydrogen-bond acceptors (Lipinski definition) is 2. The number of fused-ring (bicyclic) bond motifs is 1. The highest BCUT2D eigenvalue weighted by atomic mass is 16.3. The van der Waals surface area contributed by atoms with Crippen molar-refractivity contribution in [2.75, 3.05) is 0 Å². The molecule has 2 nitrogen and oxygen atoms in total. The maximum atomic E-state index is 10.3. The van der Waals surface area contributed by atoms with E-state index in [1.165, 1.54) is 50.5 Å². The Morgan fingerprint density at radius 1 is 1.13 bits per heavy atom. The summed E-state index contributed by atoms with van der Waals surface area (Å²) in [6.07, 6.45) is 19.1. The van der Waals surface area contributed by atoms with Crippen LogP contribution in [0.1, 0.15) is 78.6 Å². The van der Waals surface area contributed by atoms with Gasteiger partial charge in [-0.15, -0.1) is 0 Å². The molecule has 4 aliphatic carbocycles. The second-order valence-corrected chi connectivity index (χ2v) is 11.2. The molecule has 1 unspecified atom stereocenters. The Bertz CT molecular complexity index is 740. The number of aliphatic hydroxyl groups is 2. The largest absolute Gasteiger partial charge is 0.389 e. The monoisotopic (exact) mass is 410 g/mol. The van der Waals surface area contributed by atoms with Gasteiger partial charge in [0, 0.05) is 0 Å². The first-order valence-corrected chi connectivity index (χ1v) is 12.4. The summed E-state index contributed by atoms with van der Waals surface area (Å²) < 4.78 is 0. The van der Waals surface area contributed by atoms with E-state index in [-0.39, 0.29) is 12.2 Å². The topological polar surface area (TPSA) is 40.5 Å². The fourth-order valence-corrected chi connectivity index (χ4v) is 6.87. The summed E-state index contributed by atoms with van der Waals surface area (Å²) in [5.41, 5.74) is 4.17. The van der Waals surface area contributed by atoms with Gasteiger partial charge in [0.1, 0.15) is 0 Å².